The molecule has 0 bridgehead atoms. The van der Waals surface area contributed by atoms with Gasteiger partial charge in [0.05, 0.1) is 12.8 Å². The predicted octanol–water partition coefficient (Wildman–Crippen LogP) is 2.67. The van der Waals surface area contributed by atoms with Gasteiger partial charge in [0, 0.05) is 0 Å². The Bertz CT molecular complexity index is 297. The lowest BCUT2D eigenvalue weighted by atomic mass is 10.2. The zero-order valence-electron chi connectivity index (χ0n) is 8.31. The van der Waals surface area contributed by atoms with Crippen LogP contribution < -0.4 is 4.74 Å². The summed E-state index contributed by atoms with van der Waals surface area (Å²) in [5, 5.41) is 11.3. The molecule has 76 valence electrons. The average Bonchev–Trinajstić information content (AvgIpc) is 2.19. The van der Waals surface area contributed by atoms with Crippen LogP contribution in [0.3, 0.4) is 0 Å². The molecule has 0 saturated heterocycles. The summed E-state index contributed by atoms with van der Waals surface area (Å²) < 4.78 is 5.49. The summed E-state index contributed by atoms with van der Waals surface area (Å²) in [7, 11) is 0. The molecule has 0 spiro atoms. The third kappa shape index (κ3) is 3.47. The first kappa shape index (κ1) is 10.6. The van der Waals surface area contributed by atoms with Gasteiger partial charge >= 0.3 is 0 Å². The van der Waals surface area contributed by atoms with Crippen LogP contribution in [0.25, 0.3) is 0 Å². The minimum atomic E-state index is 0.732. The van der Waals surface area contributed by atoms with Crippen LogP contribution in [0.1, 0.15) is 25.3 Å². The standard InChI is InChI=1S/C11H15NO2/c1-2-3-7-14-11-6-4-5-10(8-11)9-12-13/h4-6,8-9,13H,2-3,7H2,1H3/b12-9+. The molecule has 0 unspecified atom stereocenters. The van der Waals surface area contributed by atoms with Crippen LogP contribution in [0, 0.1) is 0 Å². The van der Waals surface area contributed by atoms with E-state index in [1.165, 1.54) is 6.21 Å². The molecule has 1 aromatic carbocycles. The summed E-state index contributed by atoms with van der Waals surface area (Å²) in [6, 6.07) is 7.46. The summed E-state index contributed by atoms with van der Waals surface area (Å²) in [6.07, 6.45) is 3.56. The van der Waals surface area contributed by atoms with Crippen molar-refractivity contribution in [1.29, 1.82) is 0 Å². The van der Waals surface area contributed by atoms with Crippen LogP contribution in [-0.4, -0.2) is 18.0 Å². The summed E-state index contributed by atoms with van der Waals surface area (Å²) in [5.41, 5.74) is 0.835. The van der Waals surface area contributed by atoms with Crippen molar-refractivity contribution in [2.75, 3.05) is 6.61 Å². The summed E-state index contributed by atoms with van der Waals surface area (Å²) in [5.74, 6) is 0.816. The Morgan fingerprint density at radius 1 is 1.50 bits per heavy atom. The van der Waals surface area contributed by atoms with E-state index in [0.717, 1.165) is 30.8 Å². The van der Waals surface area contributed by atoms with Crippen molar-refractivity contribution in [1.82, 2.24) is 0 Å². The monoisotopic (exact) mass is 193 g/mol. The first-order valence-electron chi connectivity index (χ1n) is 4.77. The maximum Gasteiger partial charge on any atom is 0.119 e. The number of oxime groups is 1. The van der Waals surface area contributed by atoms with E-state index in [9.17, 15) is 0 Å². The number of unbranched alkanes of at least 4 members (excludes halogenated alkanes) is 1. The molecular weight excluding hydrogens is 178 g/mol. The predicted molar refractivity (Wildman–Crippen MR) is 56.2 cm³/mol. The van der Waals surface area contributed by atoms with E-state index in [0.29, 0.717) is 0 Å². The van der Waals surface area contributed by atoms with E-state index in [1.807, 2.05) is 24.3 Å². The van der Waals surface area contributed by atoms with Crippen LogP contribution in [0.15, 0.2) is 29.4 Å². The van der Waals surface area contributed by atoms with Crippen molar-refractivity contribution in [3.63, 3.8) is 0 Å². The number of benzene rings is 1. The Hall–Kier alpha value is -1.51. The maximum absolute atomic E-state index is 8.35. The highest BCUT2D eigenvalue weighted by molar-refractivity contribution is 5.79. The van der Waals surface area contributed by atoms with E-state index in [2.05, 4.69) is 12.1 Å². The lowest BCUT2D eigenvalue weighted by Crippen LogP contribution is -1.96. The number of hydrogen-bond acceptors (Lipinski definition) is 3. The highest BCUT2D eigenvalue weighted by Crippen LogP contribution is 2.12. The SMILES string of the molecule is CCCCOc1cccc(/C=N/O)c1. The normalized spacial score (nSPS) is 10.6. The van der Waals surface area contributed by atoms with Gasteiger partial charge in [0.2, 0.25) is 0 Å². The van der Waals surface area contributed by atoms with Gasteiger partial charge in [-0.2, -0.15) is 0 Å². The van der Waals surface area contributed by atoms with Gasteiger partial charge in [-0.1, -0.05) is 30.6 Å². The molecule has 14 heavy (non-hydrogen) atoms. The van der Waals surface area contributed by atoms with E-state index in [4.69, 9.17) is 9.94 Å². The topological polar surface area (TPSA) is 41.8 Å². The van der Waals surface area contributed by atoms with Crippen molar-refractivity contribution < 1.29 is 9.94 Å². The number of ether oxygens (including phenoxy) is 1. The van der Waals surface area contributed by atoms with E-state index in [1.54, 1.807) is 0 Å². The summed E-state index contributed by atoms with van der Waals surface area (Å²) in [6.45, 7) is 2.86. The van der Waals surface area contributed by atoms with Crippen LogP contribution in [0.5, 0.6) is 5.75 Å². The van der Waals surface area contributed by atoms with Gasteiger partial charge in [0.25, 0.3) is 0 Å². The average molecular weight is 193 g/mol. The second-order valence-corrected chi connectivity index (χ2v) is 3.02. The fourth-order valence-corrected chi connectivity index (χ4v) is 1.09. The quantitative estimate of drug-likeness (QED) is 0.338. The zero-order valence-corrected chi connectivity index (χ0v) is 8.31. The third-order valence-corrected chi connectivity index (χ3v) is 1.83. The fraction of sp³-hybridized carbons (Fsp3) is 0.364. The molecule has 1 rings (SSSR count). The molecular formula is C11H15NO2. The molecule has 0 aliphatic carbocycles. The minimum absolute atomic E-state index is 0.732. The van der Waals surface area contributed by atoms with E-state index < -0.39 is 0 Å². The smallest absolute Gasteiger partial charge is 0.119 e. The highest BCUT2D eigenvalue weighted by atomic mass is 16.5. The summed E-state index contributed by atoms with van der Waals surface area (Å²) in [4.78, 5) is 0. The molecule has 3 heteroatoms. The lowest BCUT2D eigenvalue weighted by Gasteiger charge is -2.05. The lowest BCUT2D eigenvalue weighted by molar-refractivity contribution is 0.309. The second-order valence-electron chi connectivity index (χ2n) is 3.02. The first-order chi connectivity index (χ1) is 6.86. The molecule has 0 aliphatic heterocycles. The summed E-state index contributed by atoms with van der Waals surface area (Å²) >= 11 is 0. The van der Waals surface area contributed by atoms with Gasteiger partial charge in [-0.25, -0.2) is 0 Å². The molecule has 3 nitrogen and oxygen atoms in total. The third-order valence-electron chi connectivity index (χ3n) is 1.83. The van der Waals surface area contributed by atoms with Crippen LogP contribution in [0.4, 0.5) is 0 Å². The largest absolute Gasteiger partial charge is 0.494 e. The molecule has 1 aromatic rings. The Morgan fingerprint density at radius 3 is 3.07 bits per heavy atom. The van der Waals surface area contributed by atoms with Crippen LogP contribution in [-0.2, 0) is 0 Å². The van der Waals surface area contributed by atoms with Gasteiger partial charge in [-0.05, 0) is 24.1 Å². The molecule has 0 heterocycles. The number of hydrogen-bond donors (Lipinski definition) is 1. The first-order valence-corrected chi connectivity index (χ1v) is 4.77. The molecule has 1 N–H and O–H groups in total. The molecule has 0 amide bonds. The molecule has 0 aliphatic rings. The Morgan fingerprint density at radius 2 is 2.36 bits per heavy atom. The zero-order chi connectivity index (χ0) is 10.2. The van der Waals surface area contributed by atoms with Crippen molar-refractivity contribution >= 4 is 6.21 Å². The van der Waals surface area contributed by atoms with Crippen molar-refractivity contribution in [2.45, 2.75) is 19.8 Å². The minimum Gasteiger partial charge on any atom is -0.494 e. The van der Waals surface area contributed by atoms with Gasteiger partial charge in [-0.15, -0.1) is 0 Å². The van der Waals surface area contributed by atoms with Crippen molar-refractivity contribution in [3.8, 4) is 5.75 Å². The van der Waals surface area contributed by atoms with Gasteiger partial charge in [0.15, 0.2) is 0 Å². The van der Waals surface area contributed by atoms with Crippen LogP contribution in [0.2, 0.25) is 0 Å². The van der Waals surface area contributed by atoms with Gasteiger partial charge in [-0.3, -0.25) is 0 Å². The molecule has 0 radical (unpaired) electrons. The molecule has 0 saturated carbocycles. The Balaban J connectivity index is 2.54. The number of rotatable bonds is 5. The molecule has 0 aromatic heterocycles. The fourth-order valence-electron chi connectivity index (χ4n) is 1.09. The van der Waals surface area contributed by atoms with Gasteiger partial charge in [0.1, 0.15) is 5.75 Å². The Labute approximate surface area is 84.0 Å². The maximum atomic E-state index is 8.35. The second kappa shape index (κ2) is 6.02. The van der Waals surface area contributed by atoms with Crippen molar-refractivity contribution in [2.24, 2.45) is 5.16 Å². The highest BCUT2D eigenvalue weighted by Gasteiger charge is 1.94. The van der Waals surface area contributed by atoms with Gasteiger partial charge < -0.3 is 9.94 Å². The Kier molecular flexibility index (Phi) is 4.55. The molecule has 0 fully saturated rings. The van der Waals surface area contributed by atoms with E-state index in [-0.39, 0.29) is 0 Å². The van der Waals surface area contributed by atoms with Crippen molar-refractivity contribution in [3.05, 3.63) is 29.8 Å². The number of nitrogens with zero attached hydrogens (tertiary/aromatic N) is 1. The van der Waals surface area contributed by atoms with Crippen LogP contribution >= 0.6 is 0 Å². The van der Waals surface area contributed by atoms with E-state index >= 15 is 0 Å². The molecule has 0 atom stereocenters.